The summed E-state index contributed by atoms with van der Waals surface area (Å²) in [5.41, 5.74) is 1.97. The minimum atomic E-state index is 0.0278. The van der Waals surface area contributed by atoms with E-state index < -0.39 is 0 Å². The van der Waals surface area contributed by atoms with E-state index in [2.05, 4.69) is 5.32 Å². The maximum Gasteiger partial charge on any atom is 0.198 e. The van der Waals surface area contributed by atoms with Gasteiger partial charge < -0.3 is 14.2 Å². The highest BCUT2D eigenvalue weighted by Crippen LogP contribution is 2.29. The molecule has 0 aliphatic rings. The Hall–Kier alpha value is -1.19. The van der Waals surface area contributed by atoms with Gasteiger partial charge in [0.2, 0.25) is 0 Å². The van der Waals surface area contributed by atoms with Gasteiger partial charge in [-0.05, 0) is 30.3 Å². The molecule has 4 heteroatoms. The maximum absolute atomic E-state index is 5.95. The second-order valence-corrected chi connectivity index (χ2v) is 3.54. The Kier molecular flexibility index (Phi) is 3.14. The van der Waals surface area contributed by atoms with Crippen molar-refractivity contribution in [2.45, 2.75) is 13.0 Å². The van der Waals surface area contributed by atoms with Gasteiger partial charge in [0.05, 0.1) is 24.8 Å². The maximum atomic E-state index is 5.95. The van der Waals surface area contributed by atoms with Crippen LogP contribution in [0.1, 0.15) is 24.1 Å². The Morgan fingerprint density at radius 2 is 2.27 bits per heavy atom. The molecule has 0 amide bonds. The summed E-state index contributed by atoms with van der Waals surface area (Å²) in [6, 6.07) is 3.80. The molecule has 2 aromatic rings. The standard InChI is InChI=1S/C11H12ClNO2/c1-2-13-10(8-3-5-14-7-8)9-4-6-15-11(9)12/h3-7,10,13H,2H2,1H3. The molecule has 0 spiro atoms. The monoisotopic (exact) mass is 225 g/mol. The van der Waals surface area contributed by atoms with Crippen molar-refractivity contribution in [3.05, 3.63) is 47.3 Å². The van der Waals surface area contributed by atoms with Crippen LogP contribution in [0.15, 0.2) is 39.8 Å². The van der Waals surface area contributed by atoms with Crippen LogP contribution in [0.25, 0.3) is 0 Å². The van der Waals surface area contributed by atoms with Crippen LogP contribution in [0.4, 0.5) is 0 Å². The lowest BCUT2D eigenvalue weighted by atomic mass is 10.0. The average Bonchev–Trinajstić information content (AvgIpc) is 2.85. The number of rotatable bonds is 4. The molecule has 3 nitrogen and oxygen atoms in total. The highest BCUT2D eigenvalue weighted by Gasteiger charge is 2.18. The van der Waals surface area contributed by atoms with Gasteiger partial charge in [-0.2, -0.15) is 0 Å². The quantitative estimate of drug-likeness (QED) is 0.868. The summed E-state index contributed by atoms with van der Waals surface area (Å²) in [6.07, 6.45) is 4.94. The molecule has 1 N–H and O–H groups in total. The molecule has 2 heterocycles. The summed E-state index contributed by atoms with van der Waals surface area (Å²) in [4.78, 5) is 0. The summed E-state index contributed by atoms with van der Waals surface area (Å²) < 4.78 is 10.2. The first-order valence-electron chi connectivity index (χ1n) is 4.81. The summed E-state index contributed by atoms with van der Waals surface area (Å²) in [6.45, 7) is 2.89. The van der Waals surface area contributed by atoms with Crippen LogP contribution in [-0.4, -0.2) is 6.54 Å². The molecule has 0 bridgehead atoms. The first-order valence-corrected chi connectivity index (χ1v) is 5.19. The van der Waals surface area contributed by atoms with E-state index in [1.165, 1.54) is 0 Å². The van der Waals surface area contributed by atoms with Gasteiger partial charge in [0.15, 0.2) is 5.22 Å². The number of furan rings is 2. The Morgan fingerprint density at radius 1 is 1.40 bits per heavy atom. The van der Waals surface area contributed by atoms with Crippen molar-refractivity contribution in [1.82, 2.24) is 5.32 Å². The fourth-order valence-corrected chi connectivity index (χ4v) is 1.78. The predicted molar refractivity (Wildman–Crippen MR) is 57.9 cm³/mol. The molecule has 0 aliphatic carbocycles. The molecule has 1 unspecified atom stereocenters. The van der Waals surface area contributed by atoms with Crippen molar-refractivity contribution in [2.24, 2.45) is 0 Å². The topological polar surface area (TPSA) is 38.3 Å². The van der Waals surface area contributed by atoms with E-state index in [-0.39, 0.29) is 6.04 Å². The van der Waals surface area contributed by atoms with E-state index in [0.29, 0.717) is 5.22 Å². The minimum Gasteiger partial charge on any atom is -0.472 e. The number of hydrogen-bond donors (Lipinski definition) is 1. The normalized spacial score (nSPS) is 12.9. The fourth-order valence-electron chi connectivity index (χ4n) is 1.56. The largest absolute Gasteiger partial charge is 0.472 e. The third-order valence-corrected chi connectivity index (χ3v) is 2.55. The lowest BCUT2D eigenvalue weighted by molar-refractivity contribution is 0.543. The average molecular weight is 226 g/mol. The van der Waals surface area contributed by atoms with Crippen molar-refractivity contribution >= 4 is 11.6 Å². The molecule has 0 saturated carbocycles. The van der Waals surface area contributed by atoms with E-state index in [1.54, 1.807) is 18.8 Å². The zero-order valence-corrected chi connectivity index (χ0v) is 9.12. The van der Waals surface area contributed by atoms with E-state index in [9.17, 15) is 0 Å². The van der Waals surface area contributed by atoms with Gasteiger partial charge in [-0.1, -0.05) is 6.92 Å². The Balaban J connectivity index is 2.32. The van der Waals surface area contributed by atoms with Crippen molar-refractivity contribution in [3.63, 3.8) is 0 Å². The van der Waals surface area contributed by atoms with E-state index in [0.717, 1.165) is 17.7 Å². The van der Waals surface area contributed by atoms with E-state index in [4.69, 9.17) is 20.4 Å². The predicted octanol–water partition coefficient (Wildman–Crippen LogP) is 3.22. The number of hydrogen-bond acceptors (Lipinski definition) is 3. The van der Waals surface area contributed by atoms with Crippen LogP contribution in [-0.2, 0) is 0 Å². The number of halogens is 1. The Labute approximate surface area is 93.0 Å². The van der Waals surface area contributed by atoms with Crippen molar-refractivity contribution in [2.75, 3.05) is 6.54 Å². The third-order valence-electron chi connectivity index (χ3n) is 2.24. The van der Waals surface area contributed by atoms with E-state index in [1.807, 2.05) is 19.1 Å². The van der Waals surface area contributed by atoms with E-state index >= 15 is 0 Å². The van der Waals surface area contributed by atoms with Gasteiger partial charge in [0.1, 0.15) is 0 Å². The Bertz CT molecular complexity index is 408. The number of nitrogens with one attached hydrogen (secondary N) is 1. The van der Waals surface area contributed by atoms with Crippen LogP contribution in [0.5, 0.6) is 0 Å². The minimum absolute atomic E-state index is 0.0278. The highest BCUT2D eigenvalue weighted by molar-refractivity contribution is 6.29. The smallest absolute Gasteiger partial charge is 0.198 e. The Morgan fingerprint density at radius 3 is 2.80 bits per heavy atom. The highest BCUT2D eigenvalue weighted by atomic mass is 35.5. The third kappa shape index (κ3) is 2.08. The molecule has 0 aromatic carbocycles. The van der Waals surface area contributed by atoms with Crippen molar-refractivity contribution in [3.8, 4) is 0 Å². The first kappa shape index (κ1) is 10.3. The molecule has 0 radical (unpaired) electrons. The van der Waals surface area contributed by atoms with Gasteiger partial charge in [0.25, 0.3) is 0 Å². The molecule has 0 fully saturated rings. The van der Waals surface area contributed by atoms with Crippen LogP contribution >= 0.6 is 11.6 Å². The molecule has 0 saturated heterocycles. The first-order chi connectivity index (χ1) is 7.33. The fraction of sp³-hybridized carbons (Fsp3) is 0.273. The molecule has 15 heavy (non-hydrogen) atoms. The molecule has 1 atom stereocenters. The van der Waals surface area contributed by atoms with Crippen LogP contribution in [0.3, 0.4) is 0 Å². The molecule has 0 aliphatic heterocycles. The van der Waals surface area contributed by atoms with Gasteiger partial charge in [-0.15, -0.1) is 0 Å². The van der Waals surface area contributed by atoms with Gasteiger partial charge in [-0.25, -0.2) is 0 Å². The molecule has 80 valence electrons. The molecule has 2 rings (SSSR count). The SMILES string of the molecule is CCNC(c1ccoc1)c1ccoc1Cl. The second-order valence-electron chi connectivity index (χ2n) is 3.20. The summed E-state index contributed by atoms with van der Waals surface area (Å²) in [5, 5.41) is 3.74. The van der Waals surface area contributed by atoms with Crippen LogP contribution in [0.2, 0.25) is 5.22 Å². The molecular weight excluding hydrogens is 214 g/mol. The van der Waals surface area contributed by atoms with Gasteiger partial charge in [-0.3, -0.25) is 0 Å². The molecule has 2 aromatic heterocycles. The summed E-state index contributed by atoms with van der Waals surface area (Å²) in [7, 11) is 0. The summed E-state index contributed by atoms with van der Waals surface area (Å²) in [5.74, 6) is 0. The van der Waals surface area contributed by atoms with Gasteiger partial charge in [0, 0.05) is 11.1 Å². The van der Waals surface area contributed by atoms with Crippen LogP contribution < -0.4 is 5.32 Å². The van der Waals surface area contributed by atoms with Crippen LogP contribution in [0, 0.1) is 0 Å². The van der Waals surface area contributed by atoms with Crippen molar-refractivity contribution < 1.29 is 8.83 Å². The molecular formula is C11H12ClNO2. The summed E-state index contributed by atoms with van der Waals surface area (Å²) >= 11 is 5.95. The second kappa shape index (κ2) is 4.55. The zero-order valence-electron chi connectivity index (χ0n) is 8.37. The zero-order chi connectivity index (χ0) is 10.7. The van der Waals surface area contributed by atoms with Gasteiger partial charge >= 0.3 is 0 Å². The van der Waals surface area contributed by atoms with Crippen molar-refractivity contribution in [1.29, 1.82) is 0 Å². The lowest BCUT2D eigenvalue weighted by Gasteiger charge is -2.14. The lowest BCUT2D eigenvalue weighted by Crippen LogP contribution is -2.21.